The van der Waals surface area contributed by atoms with E-state index in [2.05, 4.69) is 173 Å². The predicted octanol–water partition coefficient (Wildman–Crippen LogP) is 12.2. The van der Waals surface area contributed by atoms with Gasteiger partial charge in [-0.15, -0.1) is 92.3 Å². The van der Waals surface area contributed by atoms with E-state index in [0.29, 0.717) is 0 Å². The van der Waals surface area contributed by atoms with Crippen LogP contribution in [0.15, 0.2) is 146 Å². The van der Waals surface area contributed by atoms with Crippen LogP contribution in [0.4, 0.5) is 0 Å². The normalized spacial score (nSPS) is 10.6. The van der Waals surface area contributed by atoms with Crippen molar-refractivity contribution in [2.24, 2.45) is 0 Å². The van der Waals surface area contributed by atoms with E-state index in [-0.39, 0.29) is 26.2 Å². The molecule has 0 saturated heterocycles. The third-order valence-electron chi connectivity index (χ3n) is 8.11. The fraction of sp³-hybridized carbons (Fsp3) is 0.0952. The summed E-state index contributed by atoms with van der Waals surface area (Å²) >= 11 is 0. The number of hydrogen-bond acceptors (Lipinski definition) is 0. The molecule has 0 unspecified atom stereocenters. The van der Waals surface area contributed by atoms with Crippen LogP contribution in [0.2, 0.25) is 13.1 Å². The molecule has 0 amide bonds. The van der Waals surface area contributed by atoms with Crippen molar-refractivity contribution in [3.05, 3.63) is 157 Å². The monoisotopic (exact) mass is 658 g/mol. The topological polar surface area (TPSA) is 0 Å². The van der Waals surface area contributed by atoms with Crippen molar-refractivity contribution in [1.82, 2.24) is 0 Å². The molecule has 0 N–H and O–H groups in total. The summed E-state index contributed by atoms with van der Waals surface area (Å²) < 4.78 is 0. The Bertz CT molecular complexity index is 2000. The first-order valence-corrected chi connectivity index (χ1v) is 17.0. The van der Waals surface area contributed by atoms with Gasteiger partial charge in [0.05, 0.1) is 0 Å². The molecule has 0 nitrogen and oxygen atoms in total. The summed E-state index contributed by atoms with van der Waals surface area (Å²) in [5, 5.41) is 10.6. The van der Waals surface area contributed by atoms with Crippen LogP contribution in [0.3, 0.4) is 0 Å². The largest absolute Gasteiger partial charge is 2.00 e. The zero-order valence-electron chi connectivity index (χ0n) is 25.9. The average molecular weight is 660 g/mol. The van der Waals surface area contributed by atoms with Crippen LogP contribution in [-0.2, 0) is 26.2 Å². The van der Waals surface area contributed by atoms with E-state index in [9.17, 15) is 0 Å². The summed E-state index contributed by atoms with van der Waals surface area (Å²) in [5.41, 5.74) is 8.11. The minimum absolute atomic E-state index is 0. The second-order valence-corrected chi connectivity index (χ2v) is 12.1. The van der Waals surface area contributed by atoms with E-state index in [1.165, 1.54) is 76.5 Å². The molecule has 0 bridgehead atoms. The van der Waals surface area contributed by atoms with E-state index in [1.807, 2.05) is 0 Å². The Hall–Kier alpha value is -3.84. The quantitative estimate of drug-likeness (QED) is 0.128. The van der Waals surface area contributed by atoms with Gasteiger partial charge in [0.1, 0.15) is 0 Å². The van der Waals surface area contributed by atoms with Crippen molar-refractivity contribution in [3.8, 4) is 22.3 Å². The minimum Gasteiger partial charge on any atom is -0.149 e. The molecule has 0 aliphatic rings. The van der Waals surface area contributed by atoms with Crippen molar-refractivity contribution >= 4 is 52.6 Å². The first-order valence-electron chi connectivity index (χ1n) is 15.0. The molecule has 0 spiro atoms. The Morgan fingerprint density at radius 2 is 0.727 bits per heavy atom. The Morgan fingerprint density at radius 1 is 0.409 bits per heavy atom. The molecule has 0 fully saturated rings. The summed E-state index contributed by atoms with van der Waals surface area (Å²) in [6.07, 6.45) is 0. The molecule has 8 aromatic carbocycles. The van der Waals surface area contributed by atoms with Gasteiger partial charge in [-0.05, 0) is 21.5 Å². The Labute approximate surface area is 283 Å². The van der Waals surface area contributed by atoms with Crippen LogP contribution in [0.1, 0.15) is 11.1 Å². The van der Waals surface area contributed by atoms with Crippen LogP contribution in [0.5, 0.6) is 0 Å². The first kappa shape index (κ1) is 31.6. The van der Waals surface area contributed by atoms with Crippen LogP contribution in [0.25, 0.3) is 65.3 Å². The molecule has 2 heteroatoms. The Kier molecular flexibility index (Phi) is 10.3. The molecule has 44 heavy (non-hydrogen) atoms. The third-order valence-corrected chi connectivity index (χ3v) is 8.11. The molecule has 0 aliphatic heterocycles. The molecule has 8 aromatic rings. The standard InChI is InChI=1S/2C20H15.C2H6Si.Zr/c2*1-14-13-16-8-3-5-11-18(16)20(14)19-12-6-9-15-7-2-4-10-17(15)19;1-3-2;/h2*2-13H,1H3;1-2H3;/q2*-1;;+2. The third kappa shape index (κ3) is 6.20. The maximum Gasteiger partial charge on any atom is 2.00 e. The van der Waals surface area contributed by atoms with E-state index < -0.39 is 0 Å². The zero-order chi connectivity index (χ0) is 29.8. The molecule has 212 valence electrons. The molecule has 0 aliphatic carbocycles. The van der Waals surface area contributed by atoms with Crippen molar-refractivity contribution in [2.45, 2.75) is 26.9 Å². The molecule has 0 atom stereocenters. The van der Waals surface area contributed by atoms with Gasteiger partial charge in [-0.2, -0.15) is 0 Å². The van der Waals surface area contributed by atoms with E-state index in [0.717, 1.165) is 9.52 Å². The van der Waals surface area contributed by atoms with E-state index in [1.54, 1.807) is 0 Å². The van der Waals surface area contributed by atoms with Gasteiger partial charge < -0.3 is 0 Å². The molecule has 2 radical (unpaired) electrons. The van der Waals surface area contributed by atoms with Gasteiger partial charge in [0, 0.05) is 9.52 Å². The van der Waals surface area contributed by atoms with Crippen LogP contribution >= 0.6 is 0 Å². The molecule has 0 heterocycles. The van der Waals surface area contributed by atoms with Crippen molar-refractivity contribution < 1.29 is 26.2 Å². The van der Waals surface area contributed by atoms with Gasteiger partial charge in [0.2, 0.25) is 0 Å². The molecular weight excluding hydrogens is 624 g/mol. The fourth-order valence-electron chi connectivity index (χ4n) is 6.34. The summed E-state index contributed by atoms with van der Waals surface area (Å²) in [4.78, 5) is 0. The summed E-state index contributed by atoms with van der Waals surface area (Å²) in [5.74, 6) is 0. The fourth-order valence-corrected chi connectivity index (χ4v) is 6.34. The van der Waals surface area contributed by atoms with Gasteiger partial charge in [0.25, 0.3) is 0 Å². The van der Waals surface area contributed by atoms with Gasteiger partial charge >= 0.3 is 26.2 Å². The SMILES string of the molecule is C[Si]C.Cc1[cH-]c2ccccc2c1-c1cccc2ccccc12.Cc1[cH-]c2ccccc2c1-c1cccc2ccccc12.[Zr+2]. The summed E-state index contributed by atoms with van der Waals surface area (Å²) in [6.45, 7) is 8.72. The maximum atomic E-state index is 2.28. The number of fused-ring (bicyclic) bond motifs is 4. The maximum absolute atomic E-state index is 2.28. The number of rotatable bonds is 2. The molecule has 8 rings (SSSR count). The van der Waals surface area contributed by atoms with Crippen LogP contribution in [0, 0.1) is 13.8 Å². The Morgan fingerprint density at radius 3 is 1.14 bits per heavy atom. The summed E-state index contributed by atoms with van der Waals surface area (Å²) in [7, 11) is 1.08. The average Bonchev–Trinajstić information content (AvgIpc) is 3.56. The Balaban J connectivity index is 0.000000157. The van der Waals surface area contributed by atoms with Gasteiger partial charge in [0.15, 0.2) is 0 Å². The van der Waals surface area contributed by atoms with Crippen molar-refractivity contribution in [2.75, 3.05) is 0 Å². The van der Waals surface area contributed by atoms with Gasteiger partial charge in [-0.3, -0.25) is 0 Å². The molecular formula is C42H36SiZr. The summed E-state index contributed by atoms with van der Waals surface area (Å²) in [6, 6.07) is 52.2. The first-order chi connectivity index (χ1) is 21.1. The predicted molar refractivity (Wildman–Crippen MR) is 192 cm³/mol. The van der Waals surface area contributed by atoms with Gasteiger partial charge in [-0.1, -0.05) is 135 Å². The molecule has 0 saturated carbocycles. The molecule has 0 aromatic heterocycles. The smallest absolute Gasteiger partial charge is 0.149 e. The number of benzene rings is 6. The second-order valence-electron chi connectivity index (χ2n) is 11.1. The second kappa shape index (κ2) is 14.3. The minimum atomic E-state index is 0. The van der Waals surface area contributed by atoms with Crippen molar-refractivity contribution in [1.29, 1.82) is 0 Å². The van der Waals surface area contributed by atoms with Crippen LogP contribution < -0.4 is 0 Å². The van der Waals surface area contributed by atoms with Crippen molar-refractivity contribution in [3.63, 3.8) is 0 Å². The number of hydrogen-bond donors (Lipinski definition) is 0. The zero-order valence-corrected chi connectivity index (χ0v) is 29.3. The van der Waals surface area contributed by atoms with Crippen LogP contribution in [-0.4, -0.2) is 9.52 Å². The number of aryl methyl sites for hydroxylation is 2. The van der Waals surface area contributed by atoms with Gasteiger partial charge in [-0.25, -0.2) is 0 Å². The van der Waals surface area contributed by atoms with E-state index in [4.69, 9.17) is 0 Å². The van der Waals surface area contributed by atoms with E-state index >= 15 is 0 Å².